The second kappa shape index (κ2) is 8.09. The number of nitrogens with one attached hydrogen (secondary N) is 1. The van der Waals surface area contributed by atoms with E-state index in [-0.39, 0.29) is 17.7 Å². The van der Waals surface area contributed by atoms with E-state index in [1.54, 1.807) is 25.2 Å². The molecule has 0 bridgehead atoms. The van der Waals surface area contributed by atoms with Gasteiger partial charge < -0.3 is 14.5 Å². The van der Waals surface area contributed by atoms with Crippen molar-refractivity contribution >= 4 is 11.7 Å². The highest BCUT2D eigenvalue weighted by molar-refractivity contribution is 5.94. The third-order valence-electron chi connectivity index (χ3n) is 4.37. The predicted molar refractivity (Wildman–Crippen MR) is 92.5 cm³/mol. The minimum atomic E-state index is -0.103. The Bertz CT molecular complexity index is 727. The number of ketones is 1. The van der Waals surface area contributed by atoms with Crippen LogP contribution in [0.3, 0.4) is 0 Å². The minimum Gasteiger partial charge on any atom is -0.461 e. The Hall–Kier alpha value is -2.44. The first kappa shape index (κ1) is 17.4. The van der Waals surface area contributed by atoms with Gasteiger partial charge in [-0.05, 0) is 29.8 Å². The Labute approximate surface area is 146 Å². The van der Waals surface area contributed by atoms with Gasteiger partial charge in [0.25, 0.3) is 5.91 Å². The number of carbonyl (C=O) groups excluding carboxylic acids is 2. The molecule has 6 nitrogen and oxygen atoms in total. The lowest BCUT2D eigenvalue weighted by Gasteiger charge is -2.35. The number of morpholine rings is 1. The molecule has 0 unspecified atom stereocenters. The zero-order valence-electron chi connectivity index (χ0n) is 14.2. The van der Waals surface area contributed by atoms with Gasteiger partial charge in [0, 0.05) is 38.2 Å². The Morgan fingerprint density at radius 2 is 2.16 bits per heavy atom. The van der Waals surface area contributed by atoms with E-state index < -0.39 is 0 Å². The van der Waals surface area contributed by atoms with E-state index in [1.807, 2.05) is 18.2 Å². The molecule has 2 aromatic rings. The number of nitrogens with zero attached hydrogens (tertiary/aromatic N) is 1. The molecule has 3 rings (SSSR count). The van der Waals surface area contributed by atoms with Gasteiger partial charge in [-0.3, -0.25) is 14.5 Å². The van der Waals surface area contributed by atoms with Crippen LogP contribution in [-0.2, 0) is 11.3 Å². The van der Waals surface area contributed by atoms with Gasteiger partial charge in [0.1, 0.15) is 0 Å². The number of furan rings is 1. The fraction of sp³-hybridized carbons (Fsp3) is 0.368. The third kappa shape index (κ3) is 4.35. The van der Waals surface area contributed by atoms with Crippen LogP contribution in [0.4, 0.5) is 0 Å². The number of Topliss-reactive ketones (excluding diaryl/α,β-unsaturated/α-hetero) is 1. The van der Waals surface area contributed by atoms with Crippen molar-refractivity contribution in [3.63, 3.8) is 0 Å². The van der Waals surface area contributed by atoms with Gasteiger partial charge in [0.15, 0.2) is 11.5 Å². The lowest BCUT2D eigenvalue weighted by atomic mass is 10.0. The molecule has 1 atom stereocenters. The average Bonchev–Trinajstić information content (AvgIpc) is 3.18. The minimum absolute atomic E-state index is 0.00462. The topological polar surface area (TPSA) is 71.8 Å². The maximum Gasteiger partial charge on any atom is 0.251 e. The van der Waals surface area contributed by atoms with E-state index in [2.05, 4.69) is 10.2 Å². The van der Waals surface area contributed by atoms with E-state index in [9.17, 15) is 9.59 Å². The SMILES string of the molecule is CNC(=O)c1cccc(CN2CCOC[C@@H]2CC(=O)c2ccco2)c1. The number of carbonyl (C=O) groups is 2. The van der Waals surface area contributed by atoms with Crippen LogP contribution >= 0.6 is 0 Å². The number of amides is 1. The Balaban J connectivity index is 1.69. The Morgan fingerprint density at radius 3 is 2.92 bits per heavy atom. The molecule has 1 aliphatic rings. The molecule has 1 saturated heterocycles. The lowest BCUT2D eigenvalue weighted by molar-refractivity contribution is -0.0128. The molecule has 0 aliphatic carbocycles. The largest absolute Gasteiger partial charge is 0.461 e. The predicted octanol–water partition coefficient (Wildman–Crippen LogP) is 2.11. The summed E-state index contributed by atoms with van der Waals surface area (Å²) in [7, 11) is 1.62. The monoisotopic (exact) mass is 342 g/mol. The van der Waals surface area contributed by atoms with Gasteiger partial charge in [0.05, 0.1) is 19.5 Å². The van der Waals surface area contributed by atoms with E-state index in [1.165, 1.54) is 6.26 Å². The maximum atomic E-state index is 12.3. The highest BCUT2D eigenvalue weighted by Gasteiger charge is 2.26. The van der Waals surface area contributed by atoms with Gasteiger partial charge in [-0.25, -0.2) is 0 Å². The van der Waals surface area contributed by atoms with Crippen LogP contribution in [0.1, 0.15) is 32.9 Å². The summed E-state index contributed by atoms with van der Waals surface area (Å²) in [6, 6.07) is 10.9. The zero-order valence-corrected chi connectivity index (χ0v) is 14.2. The summed E-state index contributed by atoms with van der Waals surface area (Å²) in [5.74, 6) is 0.255. The molecular weight excluding hydrogens is 320 g/mol. The molecule has 0 saturated carbocycles. The van der Waals surface area contributed by atoms with Crippen LogP contribution in [0.25, 0.3) is 0 Å². The standard InChI is InChI=1S/C19H22N2O4/c1-20-19(23)15-5-2-4-14(10-15)12-21-7-9-24-13-16(21)11-17(22)18-6-3-8-25-18/h2-6,8,10,16H,7,9,11-13H2,1H3,(H,20,23)/t16-/m0/s1. The molecule has 1 amide bonds. The van der Waals surface area contributed by atoms with Crippen molar-refractivity contribution in [1.29, 1.82) is 0 Å². The van der Waals surface area contributed by atoms with Gasteiger partial charge >= 0.3 is 0 Å². The third-order valence-corrected chi connectivity index (χ3v) is 4.37. The van der Waals surface area contributed by atoms with Crippen molar-refractivity contribution in [2.24, 2.45) is 0 Å². The maximum absolute atomic E-state index is 12.3. The zero-order chi connectivity index (χ0) is 17.6. The molecule has 6 heteroatoms. The molecule has 25 heavy (non-hydrogen) atoms. The van der Waals surface area contributed by atoms with Crippen LogP contribution in [0.2, 0.25) is 0 Å². The summed E-state index contributed by atoms with van der Waals surface area (Å²) in [4.78, 5) is 26.4. The van der Waals surface area contributed by atoms with Crippen LogP contribution in [-0.4, -0.2) is 49.4 Å². The summed E-state index contributed by atoms with van der Waals surface area (Å²) in [6.45, 7) is 2.58. The van der Waals surface area contributed by atoms with Gasteiger partial charge in [-0.2, -0.15) is 0 Å². The van der Waals surface area contributed by atoms with Gasteiger partial charge in [-0.15, -0.1) is 0 Å². The molecule has 1 aromatic carbocycles. The van der Waals surface area contributed by atoms with Crippen LogP contribution in [0.5, 0.6) is 0 Å². The van der Waals surface area contributed by atoms with E-state index >= 15 is 0 Å². The Morgan fingerprint density at radius 1 is 1.28 bits per heavy atom. The molecule has 0 spiro atoms. The summed E-state index contributed by atoms with van der Waals surface area (Å²) in [5, 5.41) is 2.63. The molecule has 1 aromatic heterocycles. The smallest absolute Gasteiger partial charge is 0.251 e. The summed E-state index contributed by atoms with van der Waals surface area (Å²) < 4.78 is 10.8. The van der Waals surface area contributed by atoms with E-state index in [0.717, 1.165) is 12.1 Å². The van der Waals surface area contributed by atoms with Crippen LogP contribution in [0.15, 0.2) is 47.1 Å². The fourth-order valence-electron chi connectivity index (χ4n) is 3.03. The first-order chi connectivity index (χ1) is 12.2. The normalized spacial score (nSPS) is 18.0. The molecule has 1 fully saturated rings. The van der Waals surface area contributed by atoms with Crippen molar-refractivity contribution in [1.82, 2.24) is 10.2 Å². The van der Waals surface area contributed by atoms with E-state index in [0.29, 0.717) is 37.5 Å². The molecule has 1 aliphatic heterocycles. The van der Waals surface area contributed by atoms with Crippen molar-refractivity contribution < 1.29 is 18.7 Å². The highest BCUT2D eigenvalue weighted by atomic mass is 16.5. The average molecular weight is 342 g/mol. The second-order valence-corrected chi connectivity index (χ2v) is 6.08. The Kier molecular flexibility index (Phi) is 5.63. The molecule has 1 N–H and O–H groups in total. The van der Waals surface area contributed by atoms with Crippen LogP contribution < -0.4 is 5.32 Å². The number of rotatable bonds is 6. The molecular formula is C19H22N2O4. The van der Waals surface area contributed by atoms with Crippen molar-refractivity contribution in [3.05, 3.63) is 59.5 Å². The van der Waals surface area contributed by atoms with Gasteiger partial charge in [0.2, 0.25) is 0 Å². The second-order valence-electron chi connectivity index (χ2n) is 6.08. The molecule has 132 valence electrons. The van der Waals surface area contributed by atoms with E-state index in [4.69, 9.17) is 9.15 Å². The van der Waals surface area contributed by atoms with Crippen molar-refractivity contribution in [2.45, 2.75) is 19.0 Å². The fourth-order valence-corrected chi connectivity index (χ4v) is 3.03. The quantitative estimate of drug-likeness (QED) is 0.814. The summed E-state index contributed by atoms with van der Waals surface area (Å²) >= 11 is 0. The van der Waals surface area contributed by atoms with Gasteiger partial charge in [-0.1, -0.05) is 12.1 Å². The van der Waals surface area contributed by atoms with Crippen molar-refractivity contribution in [3.8, 4) is 0 Å². The summed E-state index contributed by atoms with van der Waals surface area (Å²) in [6.07, 6.45) is 1.86. The molecule has 0 radical (unpaired) electrons. The highest BCUT2D eigenvalue weighted by Crippen LogP contribution is 2.18. The number of ether oxygens (including phenoxy) is 1. The summed E-state index contributed by atoms with van der Waals surface area (Å²) in [5.41, 5.74) is 1.68. The first-order valence-electron chi connectivity index (χ1n) is 8.37. The lowest BCUT2D eigenvalue weighted by Crippen LogP contribution is -2.45. The first-order valence-corrected chi connectivity index (χ1v) is 8.37. The molecule has 2 heterocycles. The van der Waals surface area contributed by atoms with Crippen molar-refractivity contribution in [2.75, 3.05) is 26.8 Å². The number of hydrogen-bond acceptors (Lipinski definition) is 5. The number of benzene rings is 1. The van der Waals surface area contributed by atoms with Crippen LogP contribution in [0, 0.1) is 0 Å². The number of hydrogen-bond donors (Lipinski definition) is 1.